The van der Waals surface area contributed by atoms with E-state index in [9.17, 15) is 30.8 Å². The van der Waals surface area contributed by atoms with Crippen LogP contribution >= 0.6 is 0 Å². The lowest BCUT2D eigenvalue weighted by atomic mass is 10.1. The highest BCUT2D eigenvalue weighted by molar-refractivity contribution is 7.89. The molecule has 42 heavy (non-hydrogen) atoms. The number of benzene rings is 3. The number of halogens is 4. The van der Waals surface area contributed by atoms with Crippen molar-refractivity contribution in [3.8, 4) is 22.7 Å². The minimum absolute atomic E-state index is 0.0270. The number of carbonyl (C=O) groups is 1. The van der Waals surface area contributed by atoms with E-state index in [1.165, 1.54) is 11.0 Å². The van der Waals surface area contributed by atoms with Crippen LogP contribution in [0.25, 0.3) is 16.9 Å². The van der Waals surface area contributed by atoms with Gasteiger partial charge >= 0.3 is 6.18 Å². The Bertz CT molecular complexity index is 1730. The van der Waals surface area contributed by atoms with Crippen molar-refractivity contribution in [2.45, 2.75) is 18.0 Å². The summed E-state index contributed by atoms with van der Waals surface area (Å²) in [5.74, 6) is -0.208. The second kappa shape index (κ2) is 11.3. The normalized spacial score (nSPS) is 14.7. The summed E-state index contributed by atoms with van der Waals surface area (Å²) in [5.41, 5.74) is 1.32. The molecule has 0 unspecified atom stereocenters. The van der Waals surface area contributed by atoms with Gasteiger partial charge in [0, 0.05) is 31.9 Å². The van der Waals surface area contributed by atoms with Crippen molar-refractivity contribution in [3.05, 3.63) is 102 Å². The zero-order chi connectivity index (χ0) is 30.2. The Balaban J connectivity index is 1.42. The number of nitrogens with zero attached hydrogens (tertiary/aromatic N) is 3. The molecule has 0 spiro atoms. The third kappa shape index (κ3) is 5.51. The summed E-state index contributed by atoms with van der Waals surface area (Å²) in [6, 6.07) is 18.6. The van der Waals surface area contributed by atoms with Crippen LogP contribution < -0.4 is 4.74 Å². The first kappa shape index (κ1) is 29.3. The molecular formula is C30H27F4N3O4S. The fraction of sp³-hybridized carbons (Fsp3) is 0.233. The SMILES string of the molecule is COc1ccc(-c2cc(C(=O)N3CCN(S(=O)(=O)c4cccc(C(F)(F)F)c4)CC3)c(C)n2-c2ccccc2F)cc1. The van der Waals surface area contributed by atoms with Crippen LogP contribution in [-0.4, -0.2) is 61.4 Å². The molecule has 0 aliphatic carbocycles. The quantitative estimate of drug-likeness (QED) is 0.264. The zero-order valence-electron chi connectivity index (χ0n) is 22.7. The van der Waals surface area contributed by atoms with Crippen LogP contribution in [0, 0.1) is 12.7 Å². The van der Waals surface area contributed by atoms with Crippen molar-refractivity contribution in [2.24, 2.45) is 0 Å². The third-order valence-electron chi connectivity index (χ3n) is 7.28. The number of hydrogen-bond donors (Lipinski definition) is 0. The Morgan fingerprint density at radius 3 is 2.17 bits per heavy atom. The lowest BCUT2D eigenvalue weighted by Crippen LogP contribution is -2.50. The predicted molar refractivity (Wildman–Crippen MR) is 149 cm³/mol. The topological polar surface area (TPSA) is 71.8 Å². The summed E-state index contributed by atoms with van der Waals surface area (Å²) < 4.78 is 88.6. The standard InChI is InChI=1S/C30H27F4N3O4S/c1-20-25(19-28(21-10-12-23(41-2)13-11-21)37(20)27-9-4-3-8-26(27)31)29(38)35-14-16-36(17-15-35)42(39,40)24-7-5-6-22(18-24)30(32,33)34/h3-13,18-19H,14-17H2,1-2H3. The highest BCUT2D eigenvalue weighted by atomic mass is 32.2. The molecule has 1 aromatic heterocycles. The summed E-state index contributed by atoms with van der Waals surface area (Å²) in [4.78, 5) is 14.8. The number of aromatic nitrogens is 1. The Morgan fingerprint density at radius 2 is 1.55 bits per heavy atom. The maximum atomic E-state index is 15.0. The van der Waals surface area contributed by atoms with Crippen LogP contribution in [0.5, 0.6) is 5.75 Å². The molecule has 5 rings (SSSR count). The van der Waals surface area contributed by atoms with Crippen molar-refractivity contribution >= 4 is 15.9 Å². The molecule has 0 radical (unpaired) electrons. The molecule has 7 nitrogen and oxygen atoms in total. The molecule has 1 fully saturated rings. The van der Waals surface area contributed by atoms with E-state index in [0.717, 1.165) is 28.1 Å². The van der Waals surface area contributed by atoms with Crippen molar-refractivity contribution in [3.63, 3.8) is 0 Å². The van der Waals surface area contributed by atoms with Gasteiger partial charge in [-0.25, -0.2) is 12.8 Å². The predicted octanol–water partition coefficient (Wildman–Crippen LogP) is 5.77. The number of carbonyl (C=O) groups excluding carboxylic acids is 1. The van der Waals surface area contributed by atoms with Gasteiger partial charge in [0.1, 0.15) is 11.6 Å². The summed E-state index contributed by atoms with van der Waals surface area (Å²) in [6.45, 7) is 1.57. The van der Waals surface area contributed by atoms with Crippen molar-refractivity contribution in [1.29, 1.82) is 0 Å². The molecule has 12 heteroatoms. The fourth-order valence-corrected chi connectivity index (χ4v) is 6.49. The van der Waals surface area contributed by atoms with Crippen LogP contribution in [0.3, 0.4) is 0 Å². The van der Waals surface area contributed by atoms with Gasteiger partial charge in [0.25, 0.3) is 5.91 Å². The van der Waals surface area contributed by atoms with Crippen molar-refractivity contribution in [2.75, 3.05) is 33.3 Å². The van der Waals surface area contributed by atoms with Crippen LogP contribution in [-0.2, 0) is 16.2 Å². The highest BCUT2D eigenvalue weighted by Crippen LogP contribution is 2.34. The molecule has 1 saturated heterocycles. The Morgan fingerprint density at radius 1 is 0.881 bits per heavy atom. The molecule has 4 aromatic rings. The first-order valence-corrected chi connectivity index (χ1v) is 14.4. The Hall–Kier alpha value is -4.16. The summed E-state index contributed by atoms with van der Waals surface area (Å²) in [6.07, 6.45) is -4.68. The second-order valence-corrected chi connectivity index (χ2v) is 11.7. The number of sulfonamides is 1. The molecule has 0 atom stereocenters. The number of hydrogen-bond acceptors (Lipinski definition) is 4. The molecular weight excluding hydrogens is 574 g/mol. The monoisotopic (exact) mass is 601 g/mol. The highest BCUT2D eigenvalue weighted by Gasteiger charge is 2.35. The van der Waals surface area contributed by atoms with Gasteiger partial charge in [-0.1, -0.05) is 18.2 Å². The first-order valence-electron chi connectivity index (χ1n) is 13.0. The minimum atomic E-state index is -4.68. The molecule has 1 amide bonds. The van der Waals surface area contributed by atoms with E-state index in [2.05, 4.69) is 0 Å². The van der Waals surface area contributed by atoms with E-state index in [0.29, 0.717) is 28.8 Å². The molecule has 3 aromatic carbocycles. The van der Waals surface area contributed by atoms with E-state index >= 15 is 0 Å². The summed E-state index contributed by atoms with van der Waals surface area (Å²) in [7, 11) is -2.67. The lowest BCUT2D eigenvalue weighted by molar-refractivity contribution is -0.137. The first-order chi connectivity index (χ1) is 19.9. The Labute approximate surface area is 240 Å². The average Bonchev–Trinajstić information content (AvgIpc) is 3.33. The molecule has 220 valence electrons. The number of alkyl halides is 3. The zero-order valence-corrected chi connectivity index (χ0v) is 23.5. The summed E-state index contributed by atoms with van der Waals surface area (Å²) >= 11 is 0. The fourth-order valence-electron chi connectivity index (χ4n) is 5.02. The number of piperazine rings is 1. The average molecular weight is 602 g/mol. The van der Waals surface area contributed by atoms with Gasteiger partial charge in [-0.3, -0.25) is 4.79 Å². The van der Waals surface area contributed by atoms with E-state index < -0.39 is 32.5 Å². The molecule has 2 heterocycles. The van der Waals surface area contributed by atoms with Crippen molar-refractivity contribution in [1.82, 2.24) is 13.8 Å². The van der Waals surface area contributed by atoms with E-state index in [1.54, 1.807) is 67.1 Å². The summed E-state index contributed by atoms with van der Waals surface area (Å²) in [5, 5.41) is 0. The molecule has 1 aliphatic rings. The largest absolute Gasteiger partial charge is 0.497 e. The number of amides is 1. The van der Waals surface area contributed by atoms with Crippen LogP contribution in [0.2, 0.25) is 0 Å². The Kier molecular flexibility index (Phi) is 7.86. The van der Waals surface area contributed by atoms with Gasteiger partial charge < -0.3 is 14.2 Å². The van der Waals surface area contributed by atoms with E-state index in [4.69, 9.17) is 4.74 Å². The number of methoxy groups -OCH3 is 1. The minimum Gasteiger partial charge on any atom is -0.497 e. The van der Waals surface area contributed by atoms with Gasteiger partial charge in [-0.2, -0.15) is 17.5 Å². The number of ether oxygens (including phenoxy) is 1. The van der Waals surface area contributed by atoms with Gasteiger partial charge in [0.15, 0.2) is 0 Å². The van der Waals surface area contributed by atoms with Crippen molar-refractivity contribution < 1.29 is 35.5 Å². The molecule has 1 aliphatic heterocycles. The van der Waals surface area contributed by atoms with Crippen LogP contribution in [0.1, 0.15) is 21.6 Å². The second-order valence-electron chi connectivity index (χ2n) is 9.77. The smallest absolute Gasteiger partial charge is 0.416 e. The van der Waals surface area contributed by atoms with E-state index in [1.807, 2.05) is 0 Å². The number of rotatable bonds is 6. The van der Waals surface area contributed by atoms with Crippen LogP contribution in [0.15, 0.2) is 83.8 Å². The molecule has 0 saturated carbocycles. The molecule has 0 bridgehead atoms. The van der Waals surface area contributed by atoms with Crippen LogP contribution in [0.4, 0.5) is 17.6 Å². The maximum absolute atomic E-state index is 15.0. The van der Waals surface area contributed by atoms with Gasteiger partial charge in [-0.05, 0) is 73.2 Å². The molecule has 0 N–H and O–H groups in total. The third-order valence-corrected chi connectivity index (χ3v) is 9.18. The number of para-hydroxylation sites is 1. The van der Waals surface area contributed by atoms with Gasteiger partial charge in [0.2, 0.25) is 10.0 Å². The maximum Gasteiger partial charge on any atom is 0.416 e. The van der Waals surface area contributed by atoms with E-state index in [-0.39, 0.29) is 37.8 Å². The van der Waals surface area contributed by atoms with Gasteiger partial charge in [-0.15, -0.1) is 0 Å². The lowest BCUT2D eigenvalue weighted by Gasteiger charge is -2.34. The van der Waals surface area contributed by atoms with Gasteiger partial charge in [0.05, 0.1) is 34.5 Å².